The number of rotatable bonds is 1. The second-order valence-corrected chi connectivity index (χ2v) is 3.78. The van der Waals surface area contributed by atoms with Crippen LogP contribution in [0.3, 0.4) is 0 Å². The zero-order valence-electron chi connectivity index (χ0n) is 8.71. The molecule has 0 aliphatic heterocycles. The van der Waals surface area contributed by atoms with E-state index in [1.54, 1.807) is 0 Å². The summed E-state index contributed by atoms with van der Waals surface area (Å²) in [5, 5.41) is 23.0. The molecule has 0 heterocycles. The van der Waals surface area contributed by atoms with E-state index in [2.05, 4.69) is 16.0 Å². The third-order valence-corrected chi connectivity index (χ3v) is 1.10. The normalized spacial score (nSPS) is 10.5. The Hall–Kier alpha value is -1.26. The highest BCUT2D eigenvalue weighted by atomic mass is 15.2. The maximum Gasteiger partial charge on any atom is 0.195 e. The summed E-state index contributed by atoms with van der Waals surface area (Å²) < 4.78 is 0. The summed E-state index contributed by atoms with van der Waals surface area (Å²) in [6, 6.07) is 0. The van der Waals surface area contributed by atoms with E-state index < -0.39 is 0 Å². The minimum absolute atomic E-state index is 0.137. The quantitative estimate of drug-likeness (QED) is 0.304. The van der Waals surface area contributed by atoms with Crippen molar-refractivity contribution in [1.82, 2.24) is 16.0 Å². The van der Waals surface area contributed by atoms with Crippen molar-refractivity contribution in [3.8, 4) is 0 Å². The molecule has 0 unspecified atom stereocenters. The van der Waals surface area contributed by atoms with Gasteiger partial charge in [-0.05, 0) is 27.7 Å². The third-order valence-electron chi connectivity index (χ3n) is 1.10. The first-order valence-electron chi connectivity index (χ1n) is 4.31. The average Bonchev–Trinajstić information content (AvgIpc) is 1.81. The van der Waals surface area contributed by atoms with Crippen molar-refractivity contribution < 1.29 is 0 Å². The first-order valence-corrected chi connectivity index (χ1v) is 4.31. The number of nitrogens with one attached hydrogen (secondary N) is 5. The van der Waals surface area contributed by atoms with Gasteiger partial charge in [-0.25, -0.2) is 0 Å². The number of hydrogen-bond acceptors (Lipinski definition) is 2. The number of hydrogen-bond donors (Lipinski definition) is 5. The molecule has 5 N–H and O–H groups in total. The standard InChI is InChI=1S/C8H19N5/c1-5-11-6(9)12-7(10)13-8(2,3)4/h5H2,1-4H3,(H5,9,10,11,12,13). The lowest BCUT2D eigenvalue weighted by Crippen LogP contribution is -2.51. The zero-order chi connectivity index (χ0) is 10.5. The van der Waals surface area contributed by atoms with Gasteiger partial charge in [0.15, 0.2) is 11.9 Å². The highest BCUT2D eigenvalue weighted by Crippen LogP contribution is 1.96. The van der Waals surface area contributed by atoms with Crippen molar-refractivity contribution in [3.05, 3.63) is 0 Å². The molecule has 0 rings (SSSR count). The molecular weight excluding hydrogens is 166 g/mol. The monoisotopic (exact) mass is 185 g/mol. The summed E-state index contributed by atoms with van der Waals surface area (Å²) in [5.41, 5.74) is -0.156. The summed E-state index contributed by atoms with van der Waals surface area (Å²) in [6.45, 7) is 8.45. The molecule has 0 amide bonds. The summed E-state index contributed by atoms with van der Waals surface area (Å²) >= 11 is 0. The molecule has 0 radical (unpaired) electrons. The Morgan fingerprint density at radius 2 is 1.69 bits per heavy atom. The Morgan fingerprint density at radius 1 is 1.15 bits per heavy atom. The molecule has 5 nitrogen and oxygen atoms in total. The van der Waals surface area contributed by atoms with Crippen molar-refractivity contribution in [2.75, 3.05) is 6.54 Å². The van der Waals surface area contributed by atoms with Crippen molar-refractivity contribution in [1.29, 1.82) is 10.8 Å². The molecule has 0 aromatic carbocycles. The first-order chi connectivity index (χ1) is 5.85. The van der Waals surface area contributed by atoms with E-state index >= 15 is 0 Å². The molecule has 0 aromatic rings. The molecule has 0 aromatic heterocycles. The number of guanidine groups is 2. The Labute approximate surface area is 79.3 Å². The third kappa shape index (κ3) is 7.11. The summed E-state index contributed by atoms with van der Waals surface area (Å²) in [4.78, 5) is 0. The molecule has 0 saturated carbocycles. The van der Waals surface area contributed by atoms with Gasteiger partial charge in [0.1, 0.15) is 0 Å². The molecule has 0 saturated heterocycles. The van der Waals surface area contributed by atoms with Crippen LogP contribution >= 0.6 is 0 Å². The second kappa shape index (κ2) is 4.69. The molecule has 0 aliphatic rings. The topological polar surface area (TPSA) is 83.8 Å². The lowest BCUT2D eigenvalue weighted by Gasteiger charge is -2.22. The molecule has 0 atom stereocenters. The van der Waals surface area contributed by atoms with Gasteiger partial charge in [0, 0.05) is 12.1 Å². The second-order valence-electron chi connectivity index (χ2n) is 3.78. The largest absolute Gasteiger partial charge is 0.357 e. The van der Waals surface area contributed by atoms with E-state index in [-0.39, 0.29) is 17.5 Å². The summed E-state index contributed by atoms with van der Waals surface area (Å²) in [6.07, 6.45) is 0. The van der Waals surface area contributed by atoms with Gasteiger partial charge in [-0.2, -0.15) is 0 Å². The minimum atomic E-state index is -0.156. The molecule has 0 spiro atoms. The van der Waals surface area contributed by atoms with E-state index in [4.69, 9.17) is 10.8 Å². The van der Waals surface area contributed by atoms with Gasteiger partial charge in [-0.1, -0.05) is 0 Å². The Kier molecular flexibility index (Phi) is 4.23. The smallest absolute Gasteiger partial charge is 0.195 e. The van der Waals surface area contributed by atoms with Gasteiger partial charge >= 0.3 is 0 Å². The molecule has 0 fully saturated rings. The lowest BCUT2D eigenvalue weighted by molar-refractivity contribution is 0.505. The molecule has 5 heteroatoms. The molecule has 13 heavy (non-hydrogen) atoms. The van der Waals surface area contributed by atoms with Crippen LogP contribution in [0.25, 0.3) is 0 Å². The van der Waals surface area contributed by atoms with Gasteiger partial charge in [0.05, 0.1) is 0 Å². The van der Waals surface area contributed by atoms with Crippen LogP contribution in [0, 0.1) is 10.8 Å². The van der Waals surface area contributed by atoms with E-state index in [0.717, 1.165) is 0 Å². The average molecular weight is 185 g/mol. The van der Waals surface area contributed by atoms with Crippen molar-refractivity contribution in [2.45, 2.75) is 33.2 Å². The molecule has 0 aliphatic carbocycles. The predicted molar refractivity (Wildman–Crippen MR) is 55.2 cm³/mol. The van der Waals surface area contributed by atoms with Gasteiger partial charge in [0.2, 0.25) is 0 Å². The highest BCUT2D eigenvalue weighted by Gasteiger charge is 2.11. The van der Waals surface area contributed by atoms with Crippen LogP contribution in [0.5, 0.6) is 0 Å². The van der Waals surface area contributed by atoms with Gasteiger partial charge in [0.25, 0.3) is 0 Å². The SMILES string of the molecule is CCNC(=N)NC(=N)NC(C)(C)C. The Bertz CT molecular complexity index is 191. The van der Waals surface area contributed by atoms with Crippen LogP contribution in [-0.4, -0.2) is 24.0 Å². The van der Waals surface area contributed by atoms with Crippen LogP contribution in [0.15, 0.2) is 0 Å². The maximum absolute atomic E-state index is 7.45. The molecule has 76 valence electrons. The first kappa shape index (κ1) is 11.7. The molecular formula is C8H19N5. The minimum Gasteiger partial charge on any atom is -0.357 e. The van der Waals surface area contributed by atoms with E-state index in [1.807, 2.05) is 27.7 Å². The van der Waals surface area contributed by atoms with Crippen LogP contribution in [0.1, 0.15) is 27.7 Å². The van der Waals surface area contributed by atoms with Crippen molar-refractivity contribution >= 4 is 11.9 Å². The lowest BCUT2D eigenvalue weighted by atomic mass is 10.1. The van der Waals surface area contributed by atoms with Crippen LogP contribution in [-0.2, 0) is 0 Å². The van der Waals surface area contributed by atoms with Gasteiger partial charge in [-0.15, -0.1) is 0 Å². The summed E-state index contributed by atoms with van der Waals surface area (Å²) in [7, 11) is 0. The van der Waals surface area contributed by atoms with E-state index in [0.29, 0.717) is 6.54 Å². The van der Waals surface area contributed by atoms with E-state index in [1.165, 1.54) is 0 Å². The van der Waals surface area contributed by atoms with Crippen LogP contribution < -0.4 is 16.0 Å². The highest BCUT2D eigenvalue weighted by molar-refractivity contribution is 5.95. The predicted octanol–water partition coefficient (Wildman–Crippen LogP) is 0.443. The van der Waals surface area contributed by atoms with Gasteiger partial charge < -0.3 is 10.6 Å². The fourth-order valence-corrected chi connectivity index (χ4v) is 0.752. The van der Waals surface area contributed by atoms with Crippen LogP contribution in [0.2, 0.25) is 0 Å². The fourth-order valence-electron chi connectivity index (χ4n) is 0.752. The summed E-state index contributed by atoms with van der Waals surface area (Å²) in [5.74, 6) is 0.280. The van der Waals surface area contributed by atoms with Crippen molar-refractivity contribution in [2.24, 2.45) is 0 Å². The van der Waals surface area contributed by atoms with Crippen molar-refractivity contribution in [3.63, 3.8) is 0 Å². The van der Waals surface area contributed by atoms with E-state index in [9.17, 15) is 0 Å². The zero-order valence-corrected chi connectivity index (χ0v) is 8.71. The molecule has 0 bridgehead atoms. The maximum atomic E-state index is 7.45. The van der Waals surface area contributed by atoms with Gasteiger partial charge in [-0.3, -0.25) is 16.1 Å². The van der Waals surface area contributed by atoms with Crippen LogP contribution in [0.4, 0.5) is 0 Å². The fraction of sp³-hybridized carbons (Fsp3) is 0.750. The Morgan fingerprint density at radius 3 is 2.08 bits per heavy atom. The Balaban J connectivity index is 3.82.